The van der Waals surface area contributed by atoms with Crippen molar-refractivity contribution in [3.8, 4) is 5.19 Å². The molecule has 2 aliphatic heterocycles. The Balaban J connectivity index is 1.45. The van der Waals surface area contributed by atoms with Crippen molar-refractivity contribution >= 4 is 22.5 Å². The van der Waals surface area contributed by atoms with Gasteiger partial charge in [-0.15, -0.1) is 5.10 Å². The van der Waals surface area contributed by atoms with Crippen molar-refractivity contribution in [1.82, 2.24) is 20.0 Å². The highest BCUT2D eigenvalue weighted by molar-refractivity contribution is 7.17. The maximum Gasteiger partial charge on any atom is 0.323 e. The molecule has 0 aromatic carbocycles. The highest BCUT2D eigenvalue weighted by Gasteiger charge is 2.28. The Kier molecular flexibility index (Phi) is 5.09. The van der Waals surface area contributed by atoms with Gasteiger partial charge in [0.1, 0.15) is 0 Å². The van der Waals surface area contributed by atoms with Crippen molar-refractivity contribution in [2.45, 2.75) is 25.7 Å². The second kappa shape index (κ2) is 7.23. The lowest BCUT2D eigenvalue weighted by Gasteiger charge is -2.28. The molecule has 2 aliphatic rings. The lowest BCUT2D eigenvalue weighted by atomic mass is 10.1. The number of ether oxygens (including phenoxy) is 1. The number of carbonyl (C=O) groups excluding carboxylic acids is 1. The van der Waals surface area contributed by atoms with Crippen molar-refractivity contribution in [3.05, 3.63) is 0 Å². The standard InChI is InChI=1S/C14H23N5O2S/c1-21-14-17-16-12(22-14)15-13(20)19-8-5-11(10-19)9-18-6-3-2-4-7-18/h11H,2-10H2,1H3,(H,15,16,20)/t11-/m0/s1. The number of hydrogen-bond acceptors (Lipinski definition) is 6. The third-order valence-electron chi connectivity index (χ3n) is 4.33. The summed E-state index contributed by atoms with van der Waals surface area (Å²) in [7, 11) is 1.54. The first-order chi connectivity index (χ1) is 10.7. The van der Waals surface area contributed by atoms with Gasteiger partial charge in [-0.05, 0) is 49.6 Å². The summed E-state index contributed by atoms with van der Waals surface area (Å²) in [6.45, 7) is 5.20. The smallest absolute Gasteiger partial charge is 0.323 e. The minimum absolute atomic E-state index is 0.0834. The molecule has 0 spiro atoms. The van der Waals surface area contributed by atoms with Gasteiger partial charge in [0.15, 0.2) is 0 Å². The maximum atomic E-state index is 12.2. The van der Waals surface area contributed by atoms with Gasteiger partial charge < -0.3 is 14.5 Å². The number of piperidine rings is 1. The van der Waals surface area contributed by atoms with Crippen molar-refractivity contribution < 1.29 is 9.53 Å². The van der Waals surface area contributed by atoms with E-state index in [1.807, 2.05) is 4.90 Å². The normalized spacial score (nSPS) is 22.8. The fraction of sp³-hybridized carbons (Fsp3) is 0.786. The van der Waals surface area contributed by atoms with Gasteiger partial charge in [0.05, 0.1) is 7.11 Å². The van der Waals surface area contributed by atoms with Crippen LogP contribution in [0.15, 0.2) is 0 Å². The van der Waals surface area contributed by atoms with Gasteiger partial charge in [-0.3, -0.25) is 5.32 Å². The van der Waals surface area contributed by atoms with Crippen LogP contribution < -0.4 is 10.1 Å². The molecule has 2 fully saturated rings. The SMILES string of the molecule is COc1nnc(NC(=O)N2CC[C@@H](CN3CCCCC3)C2)s1. The van der Waals surface area contributed by atoms with E-state index in [0.717, 1.165) is 26.1 Å². The predicted octanol–water partition coefficient (Wildman–Crippen LogP) is 1.89. The average molecular weight is 325 g/mol. The first-order valence-electron chi connectivity index (χ1n) is 7.90. The lowest BCUT2D eigenvalue weighted by molar-refractivity contribution is 0.192. The van der Waals surface area contributed by atoms with Crippen LogP contribution in [-0.4, -0.2) is 65.9 Å². The number of nitrogens with zero attached hydrogens (tertiary/aromatic N) is 4. The molecule has 7 nitrogen and oxygen atoms in total. The Morgan fingerprint density at radius 1 is 1.32 bits per heavy atom. The van der Waals surface area contributed by atoms with Crippen LogP contribution in [0.5, 0.6) is 5.19 Å². The van der Waals surface area contributed by atoms with Crippen LogP contribution >= 0.6 is 11.3 Å². The Bertz CT molecular complexity index is 503. The molecular weight excluding hydrogens is 302 g/mol. The highest BCUT2D eigenvalue weighted by atomic mass is 32.1. The first kappa shape index (κ1) is 15.5. The molecule has 122 valence electrons. The number of hydrogen-bond donors (Lipinski definition) is 1. The number of nitrogens with one attached hydrogen (secondary N) is 1. The van der Waals surface area contributed by atoms with Gasteiger partial charge in [-0.2, -0.15) is 0 Å². The summed E-state index contributed by atoms with van der Waals surface area (Å²) in [5, 5.41) is 11.4. The van der Waals surface area contributed by atoms with Crippen molar-refractivity contribution in [1.29, 1.82) is 0 Å². The number of amides is 2. The molecule has 22 heavy (non-hydrogen) atoms. The summed E-state index contributed by atoms with van der Waals surface area (Å²) in [6, 6.07) is -0.0834. The van der Waals surface area contributed by atoms with E-state index in [1.54, 1.807) is 0 Å². The number of rotatable bonds is 4. The monoisotopic (exact) mass is 325 g/mol. The fourth-order valence-electron chi connectivity index (χ4n) is 3.19. The van der Waals surface area contributed by atoms with Gasteiger partial charge >= 0.3 is 6.03 Å². The number of carbonyl (C=O) groups is 1. The van der Waals surface area contributed by atoms with Gasteiger partial charge in [-0.25, -0.2) is 4.79 Å². The van der Waals surface area contributed by atoms with E-state index in [1.165, 1.54) is 50.8 Å². The van der Waals surface area contributed by atoms with Crippen LogP contribution in [0.3, 0.4) is 0 Å². The summed E-state index contributed by atoms with van der Waals surface area (Å²) >= 11 is 1.24. The van der Waals surface area contributed by atoms with Crippen molar-refractivity contribution in [2.75, 3.05) is 45.2 Å². The molecule has 0 unspecified atom stereocenters. The van der Waals surface area contributed by atoms with E-state index in [0.29, 0.717) is 16.2 Å². The summed E-state index contributed by atoms with van der Waals surface area (Å²) in [6.07, 6.45) is 5.08. The molecule has 3 rings (SSSR count). The van der Waals surface area contributed by atoms with Gasteiger partial charge in [0, 0.05) is 19.6 Å². The zero-order valence-electron chi connectivity index (χ0n) is 13.0. The first-order valence-corrected chi connectivity index (χ1v) is 8.72. The third-order valence-corrected chi connectivity index (χ3v) is 5.13. The Morgan fingerprint density at radius 3 is 2.86 bits per heavy atom. The predicted molar refractivity (Wildman–Crippen MR) is 85.5 cm³/mol. The molecule has 0 bridgehead atoms. The number of anilines is 1. The summed E-state index contributed by atoms with van der Waals surface area (Å²) in [5.41, 5.74) is 0. The highest BCUT2D eigenvalue weighted by Crippen LogP contribution is 2.24. The van der Waals surface area contributed by atoms with Crippen LogP contribution in [-0.2, 0) is 0 Å². The Labute approximate surface area is 134 Å². The van der Waals surface area contributed by atoms with E-state index in [9.17, 15) is 4.79 Å². The third kappa shape index (κ3) is 3.86. The molecule has 2 amide bonds. The lowest BCUT2D eigenvalue weighted by Crippen LogP contribution is -2.37. The molecule has 1 N–H and O–H groups in total. The summed E-state index contributed by atoms with van der Waals surface area (Å²) < 4.78 is 4.98. The van der Waals surface area contributed by atoms with Gasteiger partial charge in [0.25, 0.3) is 5.19 Å². The molecule has 0 aliphatic carbocycles. The molecule has 1 aromatic heterocycles. The van der Waals surface area contributed by atoms with E-state index >= 15 is 0 Å². The fourth-order valence-corrected chi connectivity index (χ4v) is 3.74. The number of aromatic nitrogens is 2. The van der Waals surface area contributed by atoms with Gasteiger partial charge in [0.2, 0.25) is 5.13 Å². The topological polar surface area (TPSA) is 70.6 Å². The molecule has 1 atom stereocenters. The molecular formula is C14H23N5O2S. The van der Waals surface area contributed by atoms with Crippen LogP contribution in [0, 0.1) is 5.92 Å². The summed E-state index contributed by atoms with van der Waals surface area (Å²) in [4.78, 5) is 16.7. The van der Waals surface area contributed by atoms with E-state index in [2.05, 4.69) is 20.4 Å². The van der Waals surface area contributed by atoms with E-state index in [-0.39, 0.29) is 6.03 Å². The van der Waals surface area contributed by atoms with E-state index in [4.69, 9.17) is 4.74 Å². The van der Waals surface area contributed by atoms with Crippen molar-refractivity contribution in [3.63, 3.8) is 0 Å². The number of likely N-dealkylation sites (tertiary alicyclic amines) is 2. The Morgan fingerprint density at radius 2 is 2.14 bits per heavy atom. The molecule has 1 aromatic rings. The minimum atomic E-state index is -0.0834. The molecule has 3 heterocycles. The zero-order valence-corrected chi connectivity index (χ0v) is 13.8. The van der Waals surface area contributed by atoms with E-state index < -0.39 is 0 Å². The van der Waals surface area contributed by atoms with Crippen LogP contribution in [0.2, 0.25) is 0 Å². The van der Waals surface area contributed by atoms with Crippen molar-refractivity contribution in [2.24, 2.45) is 5.92 Å². The molecule has 0 radical (unpaired) electrons. The zero-order chi connectivity index (χ0) is 15.4. The minimum Gasteiger partial charge on any atom is -0.472 e. The molecule has 8 heteroatoms. The molecule has 2 saturated heterocycles. The second-order valence-electron chi connectivity index (χ2n) is 5.97. The van der Waals surface area contributed by atoms with Crippen LogP contribution in [0.25, 0.3) is 0 Å². The van der Waals surface area contributed by atoms with Crippen LogP contribution in [0.1, 0.15) is 25.7 Å². The second-order valence-corrected chi connectivity index (χ2v) is 6.91. The Hall–Kier alpha value is -1.41. The molecule has 0 saturated carbocycles. The largest absolute Gasteiger partial charge is 0.472 e. The quantitative estimate of drug-likeness (QED) is 0.915. The maximum absolute atomic E-state index is 12.2. The van der Waals surface area contributed by atoms with Crippen LogP contribution in [0.4, 0.5) is 9.93 Å². The number of urea groups is 1. The van der Waals surface area contributed by atoms with Gasteiger partial charge in [-0.1, -0.05) is 11.5 Å². The number of methoxy groups -OCH3 is 1. The average Bonchev–Trinajstić information content (AvgIpc) is 3.17. The summed E-state index contributed by atoms with van der Waals surface area (Å²) in [5.74, 6) is 0.591.